The van der Waals surface area contributed by atoms with E-state index in [0.29, 0.717) is 12.0 Å². The first-order valence-electron chi connectivity index (χ1n) is 7.27. The van der Waals surface area contributed by atoms with Crippen LogP contribution in [-0.2, 0) is 4.79 Å². The van der Waals surface area contributed by atoms with Gasteiger partial charge in [0.25, 0.3) is 0 Å². The van der Waals surface area contributed by atoms with Crippen molar-refractivity contribution in [2.75, 3.05) is 25.4 Å². The molecule has 0 aliphatic carbocycles. The summed E-state index contributed by atoms with van der Waals surface area (Å²) < 4.78 is 0. The van der Waals surface area contributed by atoms with E-state index in [1.807, 2.05) is 30.3 Å². The maximum atomic E-state index is 12.0. The molecule has 3 heterocycles. The molecule has 0 spiro atoms. The number of nitrogens with one attached hydrogen (secondary N) is 1. The first-order valence-corrected chi connectivity index (χ1v) is 7.27. The lowest BCUT2D eigenvalue weighted by atomic mass is 9.84. The van der Waals surface area contributed by atoms with Gasteiger partial charge in [-0.1, -0.05) is 12.1 Å². The number of carbonyl (C=O) groups is 1. The molecule has 4 nitrogen and oxygen atoms in total. The predicted octanol–water partition coefficient (Wildman–Crippen LogP) is 1.49. The zero-order valence-electron chi connectivity index (χ0n) is 11.6. The smallest absolute Gasteiger partial charge is 0.244 e. The SMILES string of the molecule is Nc1ccc(/C=C/C(=O)NC2CN3CCC2CC3)cc1. The number of fused-ring (bicyclic) bond motifs is 3. The van der Waals surface area contributed by atoms with Crippen LogP contribution in [0.2, 0.25) is 0 Å². The number of piperidine rings is 3. The fourth-order valence-corrected chi connectivity index (χ4v) is 3.14. The van der Waals surface area contributed by atoms with E-state index in [1.165, 1.54) is 25.9 Å². The number of nitrogens with zero attached hydrogens (tertiary/aromatic N) is 1. The third-order valence-electron chi connectivity index (χ3n) is 4.35. The van der Waals surface area contributed by atoms with E-state index in [-0.39, 0.29) is 5.91 Å². The van der Waals surface area contributed by atoms with Gasteiger partial charge in [-0.25, -0.2) is 0 Å². The average Bonchev–Trinajstić information content (AvgIpc) is 2.48. The fourth-order valence-electron chi connectivity index (χ4n) is 3.14. The van der Waals surface area contributed by atoms with Gasteiger partial charge < -0.3 is 16.0 Å². The molecule has 1 atom stereocenters. The number of nitrogens with two attached hydrogens (primary N) is 1. The van der Waals surface area contributed by atoms with Crippen molar-refractivity contribution in [2.45, 2.75) is 18.9 Å². The number of anilines is 1. The van der Waals surface area contributed by atoms with Gasteiger partial charge in [0, 0.05) is 24.4 Å². The highest BCUT2D eigenvalue weighted by Crippen LogP contribution is 2.27. The van der Waals surface area contributed by atoms with Crippen molar-refractivity contribution in [3.63, 3.8) is 0 Å². The van der Waals surface area contributed by atoms with E-state index in [4.69, 9.17) is 5.73 Å². The standard InChI is InChI=1S/C16H21N3O/c17-14-4-1-12(2-5-14)3-6-16(20)18-15-11-19-9-7-13(15)8-10-19/h1-6,13,15H,7-11,17H2,(H,18,20)/b6-3+. The Kier molecular flexibility index (Phi) is 3.74. The monoisotopic (exact) mass is 271 g/mol. The third-order valence-corrected chi connectivity index (χ3v) is 4.35. The van der Waals surface area contributed by atoms with Gasteiger partial charge in [0.2, 0.25) is 5.91 Å². The van der Waals surface area contributed by atoms with Crippen LogP contribution in [0.15, 0.2) is 30.3 Å². The minimum atomic E-state index is 0.000532. The van der Waals surface area contributed by atoms with Gasteiger partial charge in [0.15, 0.2) is 0 Å². The van der Waals surface area contributed by atoms with Gasteiger partial charge in [0.05, 0.1) is 0 Å². The molecule has 20 heavy (non-hydrogen) atoms. The van der Waals surface area contributed by atoms with E-state index in [2.05, 4.69) is 10.2 Å². The van der Waals surface area contributed by atoms with Gasteiger partial charge in [-0.05, 0) is 55.6 Å². The van der Waals surface area contributed by atoms with Gasteiger partial charge in [-0.15, -0.1) is 0 Å². The molecule has 3 aliphatic heterocycles. The molecule has 4 rings (SSSR count). The lowest BCUT2D eigenvalue weighted by molar-refractivity contribution is -0.118. The van der Waals surface area contributed by atoms with Crippen LogP contribution < -0.4 is 11.1 Å². The van der Waals surface area contributed by atoms with Crippen molar-refractivity contribution in [2.24, 2.45) is 5.92 Å². The number of rotatable bonds is 3. The van der Waals surface area contributed by atoms with Crippen LogP contribution in [-0.4, -0.2) is 36.5 Å². The quantitative estimate of drug-likeness (QED) is 0.647. The molecule has 0 saturated carbocycles. The van der Waals surface area contributed by atoms with Crippen molar-refractivity contribution >= 4 is 17.7 Å². The van der Waals surface area contributed by atoms with Crippen molar-refractivity contribution in [1.29, 1.82) is 0 Å². The van der Waals surface area contributed by atoms with Crippen LogP contribution in [0.1, 0.15) is 18.4 Å². The summed E-state index contributed by atoms with van der Waals surface area (Å²) in [7, 11) is 0. The topological polar surface area (TPSA) is 58.4 Å². The van der Waals surface area contributed by atoms with Gasteiger partial charge >= 0.3 is 0 Å². The zero-order chi connectivity index (χ0) is 13.9. The van der Waals surface area contributed by atoms with Gasteiger partial charge in [-0.2, -0.15) is 0 Å². The van der Waals surface area contributed by atoms with E-state index >= 15 is 0 Å². The Morgan fingerprint density at radius 1 is 1.25 bits per heavy atom. The molecule has 3 N–H and O–H groups in total. The highest BCUT2D eigenvalue weighted by Gasteiger charge is 2.34. The second kappa shape index (κ2) is 5.67. The molecular weight excluding hydrogens is 250 g/mol. The van der Waals surface area contributed by atoms with Crippen LogP contribution in [0.5, 0.6) is 0 Å². The summed E-state index contributed by atoms with van der Waals surface area (Å²) in [5.74, 6) is 0.662. The highest BCUT2D eigenvalue weighted by molar-refractivity contribution is 5.92. The molecule has 1 unspecified atom stereocenters. The Labute approximate surface area is 119 Å². The Hall–Kier alpha value is -1.81. The molecule has 0 radical (unpaired) electrons. The molecule has 1 aromatic carbocycles. The summed E-state index contributed by atoms with van der Waals surface area (Å²) in [6, 6.07) is 7.82. The van der Waals surface area contributed by atoms with Crippen molar-refractivity contribution in [1.82, 2.24) is 10.2 Å². The molecule has 4 heteroatoms. The first-order chi connectivity index (χ1) is 9.70. The summed E-state index contributed by atoms with van der Waals surface area (Å²) in [4.78, 5) is 14.4. The van der Waals surface area contributed by atoms with Gasteiger partial charge in [-0.3, -0.25) is 4.79 Å². The normalized spacial score (nSPS) is 28.7. The lowest BCUT2D eigenvalue weighted by Gasteiger charge is -2.44. The number of hydrogen-bond acceptors (Lipinski definition) is 3. The number of hydrogen-bond donors (Lipinski definition) is 2. The average molecular weight is 271 g/mol. The molecule has 1 aromatic rings. The molecule has 2 bridgehead atoms. The Morgan fingerprint density at radius 2 is 1.95 bits per heavy atom. The minimum Gasteiger partial charge on any atom is -0.399 e. The molecule has 0 aromatic heterocycles. The number of benzene rings is 1. The van der Waals surface area contributed by atoms with Crippen molar-refractivity contribution in [3.8, 4) is 0 Å². The fraction of sp³-hybridized carbons (Fsp3) is 0.438. The Bertz CT molecular complexity index is 501. The number of nitrogen functional groups attached to an aromatic ring is 1. The van der Waals surface area contributed by atoms with E-state index < -0.39 is 0 Å². The summed E-state index contributed by atoms with van der Waals surface area (Å²) in [5.41, 5.74) is 7.36. The minimum absolute atomic E-state index is 0.000532. The molecule has 3 fully saturated rings. The predicted molar refractivity (Wildman–Crippen MR) is 81.0 cm³/mol. The molecule has 106 valence electrons. The summed E-state index contributed by atoms with van der Waals surface area (Å²) >= 11 is 0. The Morgan fingerprint density at radius 3 is 2.55 bits per heavy atom. The molecule has 3 saturated heterocycles. The summed E-state index contributed by atoms with van der Waals surface area (Å²) in [6.07, 6.45) is 5.87. The molecule has 3 aliphatic rings. The molecular formula is C16H21N3O. The van der Waals surface area contributed by atoms with Crippen LogP contribution in [0.25, 0.3) is 6.08 Å². The maximum absolute atomic E-state index is 12.0. The Balaban J connectivity index is 1.55. The van der Waals surface area contributed by atoms with E-state index in [0.717, 1.165) is 17.8 Å². The van der Waals surface area contributed by atoms with Crippen molar-refractivity contribution < 1.29 is 4.79 Å². The van der Waals surface area contributed by atoms with Crippen LogP contribution in [0.3, 0.4) is 0 Å². The van der Waals surface area contributed by atoms with Gasteiger partial charge in [0.1, 0.15) is 0 Å². The van der Waals surface area contributed by atoms with E-state index in [9.17, 15) is 4.79 Å². The summed E-state index contributed by atoms with van der Waals surface area (Å²) in [5, 5.41) is 3.14. The van der Waals surface area contributed by atoms with E-state index in [1.54, 1.807) is 6.08 Å². The van der Waals surface area contributed by atoms with Crippen LogP contribution >= 0.6 is 0 Å². The highest BCUT2D eigenvalue weighted by atomic mass is 16.1. The number of carbonyl (C=O) groups excluding carboxylic acids is 1. The molecule has 1 amide bonds. The first kappa shape index (κ1) is 13.2. The largest absolute Gasteiger partial charge is 0.399 e. The number of amides is 1. The zero-order valence-corrected chi connectivity index (χ0v) is 11.6. The second-order valence-corrected chi connectivity index (χ2v) is 5.75. The van der Waals surface area contributed by atoms with Crippen LogP contribution in [0.4, 0.5) is 5.69 Å². The maximum Gasteiger partial charge on any atom is 0.244 e. The third kappa shape index (κ3) is 3.02. The van der Waals surface area contributed by atoms with Crippen molar-refractivity contribution in [3.05, 3.63) is 35.9 Å². The second-order valence-electron chi connectivity index (χ2n) is 5.75. The van der Waals surface area contributed by atoms with Crippen LogP contribution in [0, 0.1) is 5.92 Å². The lowest BCUT2D eigenvalue weighted by Crippen LogP contribution is -2.57. The summed E-state index contributed by atoms with van der Waals surface area (Å²) in [6.45, 7) is 3.39.